The Labute approximate surface area is 163 Å². The second-order valence-corrected chi connectivity index (χ2v) is 11.4. The molecule has 0 aromatic heterocycles. The fourth-order valence-electron chi connectivity index (χ4n) is 3.68. The van der Waals surface area contributed by atoms with Gasteiger partial charge in [-0.05, 0) is 83.8 Å². The van der Waals surface area contributed by atoms with Gasteiger partial charge in [-0.2, -0.15) is 0 Å². The van der Waals surface area contributed by atoms with E-state index in [4.69, 9.17) is 9.31 Å². The van der Waals surface area contributed by atoms with Gasteiger partial charge in [0.15, 0.2) is 9.84 Å². The molecule has 0 spiro atoms. The molecular weight excluding hydrogens is 363 g/mol. The zero-order valence-electron chi connectivity index (χ0n) is 17.0. The van der Waals surface area contributed by atoms with Gasteiger partial charge in [-0.15, -0.1) is 0 Å². The van der Waals surface area contributed by atoms with Crippen LogP contribution in [0.2, 0.25) is 0 Å². The van der Waals surface area contributed by atoms with Crippen LogP contribution in [0.25, 0.3) is 0 Å². The SMILES string of the molecule is CC1(C)OB(c2ccc(S(=O)(=O)C[C@H]3CC[C@@](C)(O)CC3)cc2)OC1(C)C. The van der Waals surface area contributed by atoms with E-state index in [0.717, 1.165) is 18.3 Å². The molecule has 0 atom stereocenters. The molecular formula is C20H31BO5S. The Morgan fingerprint density at radius 1 is 1.00 bits per heavy atom. The lowest BCUT2D eigenvalue weighted by molar-refractivity contribution is 0.00578. The van der Waals surface area contributed by atoms with Gasteiger partial charge in [0.05, 0.1) is 27.5 Å². The number of aliphatic hydroxyl groups is 1. The Balaban J connectivity index is 1.68. The van der Waals surface area contributed by atoms with E-state index < -0.39 is 33.8 Å². The molecule has 0 amide bonds. The van der Waals surface area contributed by atoms with E-state index in [1.165, 1.54) is 0 Å². The molecule has 3 rings (SSSR count). The van der Waals surface area contributed by atoms with Crippen LogP contribution in [0.4, 0.5) is 0 Å². The Hall–Kier alpha value is -0.885. The van der Waals surface area contributed by atoms with E-state index in [9.17, 15) is 13.5 Å². The zero-order valence-corrected chi connectivity index (χ0v) is 17.8. The lowest BCUT2D eigenvalue weighted by Crippen LogP contribution is -2.41. The Kier molecular flexibility index (Phi) is 5.30. The maximum Gasteiger partial charge on any atom is 0.494 e. The summed E-state index contributed by atoms with van der Waals surface area (Å²) >= 11 is 0. The van der Waals surface area contributed by atoms with E-state index >= 15 is 0 Å². The molecule has 0 unspecified atom stereocenters. The Morgan fingerprint density at radius 2 is 1.48 bits per heavy atom. The Bertz CT molecular complexity index is 757. The molecule has 1 aliphatic heterocycles. The van der Waals surface area contributed by atoms with Gasteiger partial charge < -0.3 is 14.4 Å². The normalized spacial score (nSPS) is 30.4. The minimum absolute atomic E-state index is 0.109. The molecule has 1 heterocycles. The van der Waals surface area contributed by atoms with Gasteiger partial charge in [-0.3, -0.25) is 0 Å². The van der Waals surface area contributed by atoms with E-state index in [2.05, 4.69) is 0 Å². The predicted octanol–water partition coefficient (Wildman–Crippen LogP) is 2.70. The molecule has 7 heteroatoms. The van der Waals surface area contributed by atoms with Crippen LogP contribution < -0.4 is 5.46 Å². The first kappa shape index (κ1) is 20.8. The fourth-order valence-corrected chi connectivity index (χ4v) is 5.38. The summed E-state index contributed by atoms with van der Waals surface area (Å²) in [4.78, 5) is 0.333. The quantitative estimate of drug-likeness (QED) is 0.795. The first-order valence-corrected chi connectivity index (χ1v) is 11.4. The molecule has 1 saturated heterocycles. The summed E-state index contributed by atoms with van der Waals surface area (Å²) in [5, 5.41) is 10.0. The highest BCUT2D eigenvalue weighted by molar-refractivity contribution is 7.91. The summed E-state index contributed by atoms with van der Waals surface area (Å²) in [6.45, 7) is 9.80. The van der Waals surface area contributed by atoms with Crippen molar-refractivity contribution in [3.63, 3.8) is 0 Å². The number of hydrogen-bond donors (Lipinski definition) is 1. The van der Waals surface area contributed by atoms with Crippen molar-refractivity contribution in [3.8, 4) is 0 Å². The number of benzene rings is 1. The molecule has 0 radical (unpaired) electrons. The smallest absolute Gasteiger partial charge is 0.399 e. The van der Waals surface area contributed by atoms with Crippen molar-refractivity contribution in [2.24, 2.45) is 5.92 Å². The lowest BCUT2D eigenvalue weighted by atomic mass is 9.79. The first-order valence-electron chi connectivity index (χ1n) is 9.72. The third kappa shape index (κ3) is 4.42. The van der Waals surface area contributed by atoms with Gasteiger partial charge in [0, 0.05) is 0 Å². The van der Waals surface area contributed by atoms with Gasteiger partial charge in [0.25, 0.3) is 0 Å². The highest BCUT2D eigenvalue weighted by Crippen LogP contribution is 2.37. The number of sulfone groups is 1. The molecule has 1 aromatic rings. The predicted molar refractivity (Wildman–Crippen MR) is 107 cm³/mol. The van der Waals surface area contributed by atoms with Crippen molar-refractivity contribution < 1.29 is 22.8 Å². The van der Waals surface area contributed by atoms with Crippen LogP contribution in [-0.2, 0) is 19.1 Å². The van der Waals surface area contributed by atoms with Crippen LogP contribution in [0.5, 0.6) is 0 Å². The van der Waals surface area contributed by atoms with Crippen molar-refractivity contribution in [3.05, 3.63) is 24.3 Å². The average Bonchev–Trinajstić information content (AvgIpc) is 2.78. The van der Waals surface area contributed by atoms with Crippen LogP contribution in [-0.4, -0.2) is 43.2 Å². The largest absolute Gasteiger partial charge is 0.494 e. The summed E-state index contributed by atoms with van der Waals surface area (Å²) in [6, 6.07) is 6.85. The monoisotopic (exact) mass is 394 g/mol. The van der Waals surface area contributed by atoms with Gasteiger partial charge >= 0.3 is 7.12 Å². The Morgan fingerprint density at radius 3 is 1.96 bits per heavy atom. The standard InChI is InChI=1S/C20H31BO5S/c1-18(2)19(3,4)26-21(25-18)16-6-8-17(9-7-16)27(23,24)14-15-10-12-20(5,22)13-11-15/h6-9,15,22H,10-14H2,1-5H3/t15-,20+. The molecule has 150 valence electrons. The van der Waals surface area contributed by atoms with Crippen LogP contribution in [0.15, 0.2) is 29.2 Å². The topological polar surface area (TPSA) is 72.8 Å². The van der Waals surface area contributed by atoms with Crippen LogP contribution in [0.1, 0.15) is 60.3 Å². The van der Waals surface area contributed by atoms with E-state index in [1.807, 2.05) is 34.6 Å². The van der Waals surface area contributed by atoms with Crippen LogP contribution in [0, 0.1) is 5.92 Å². The molecule has 2 aliphatic rings. The van der Waals surface area contributed by atoms with Gasteiger partial charge in [-0.1, -0.05) is 12.1 Å². The van der Waals surface area contributed by atoms with E-state index in [1.54, 1.807) is 24.3 Å². The highest BCUT2D eigenvalue weighted by atomic mass is 32.2. The molecule has 1 aliphatic carbocycles. The van der Waals surface area contributed by atoms with Crippen molar-refractivity contribution in [1.29, 1.82) is 0 Å². The van der Waals surface area contributed by atoms with Gasteiger partial charge in [-0.25, -0.2) is 8.42 Å². The fraction of sp³-hybridized carbons (Fsp3) is 0.700. The average molecular weight is 394 g/mol. The minimum atomic E-state index is -3.35. The second-order valence-electron chi connectivity index (χ2n) is 9.38. The molecule has 1 saturated carbocycles. The van der Waals surface area contributed by atoms with E-state index in [-0.39, 0.29) is 11.7 Å². The molecule has 27 heavy (non-hydrogen) atoms. The summed E-state index contributed by atoms with van der Waals surface area (Å²) < 4.78 is 37.6. The second kappa shape index (κ2) is 6.87. The van der Waals surface area contributed by atoms with Crippen molar-refractivity contribution in [2.75, 3.05) is 5.75 Å². The van der Waals surface area contributed by atoms with Gasteiger partial charge in [0.1, 0.15) is 0 Å². The molecule has 2 fully saturated rings. The van der Waals surface area contributed by atoms with E-state index in [0.29, 0.717) is 17.7 Å². The number of rotatable bonds is 4. The van der Waals surface area contributed by atoms with Crippen molar-refractivity contribution in [1.82, 2.24) is 0 Å². The molecule has 1 N–H and O–H groups in total. The third-order valence-corrected chi connectivity index (χ3v) is 8.30. The van der Waals surface area contributed by atoms with Gasteiger partial charge in [0.2, 0.25) is 0 Å². The summed E-state index contributed by atoms with van der Waals surface area (Å²) in [5.41, 5.74) is -0.679. The highest BCUT2D eigenvalue weighted by Gasteiger charge is 2.51. The lowest BCUT2D eigenvalue weighted by Gasteiger charge is -2.32. The maximum atomic E-state index is 12.8. The van der Waals surface area contributed by atoms with Crippen LogP contribution in [0.3, 0.4) is 0 Å². The van der Waals surface area contributed by atoms with Crippen molar-refractivity contribution >= 4 is 22.4 Å². The summed E-state index contributed by atoms with van der Waals surface area (Å²) in [7, 11) is -3.84. The molecule has 0 bridgehead atoms. The zero-order chi connectivity index (χ0) is 20.1. The maximum absolute atomic E-state index is 12.8. The number of hydrogen-bond acceptors (Lipinski definition) is 5. The summed E-state index contributed by atoms with van der Waals surface area (Å²) in [5.74, 6) is 0.247. The summed E-state index contributed by atoms with van der Waals surface area (Å²) in [6.07, 6.45) is 2.82. The molecule has 1 aromatic carbocycles. The first-order chi connectivity index (χ1) is 12.3. The minimum Gasteiger partial charge on any atom is -0.399 e. The third-order valence-electron chi connectivity index (χ3n) is 6.40. The molecule has 5 nitrogen and oxygen atoms in total. The van der Waals surface area contributed by atoms with Crippen LogP contribution >= 0.6 is 0 Å². The van der Waals surface area contributed by atoms with Crippen molar-refractivity contribution in [2.45, 2.75) is 82.0 Å².